The molecule has 5 rings (SSSR count). The molecule has 1 aromatic heterocycles. The maximum absolute atomic E-state index is 12.5. The van der Waals surface area contributed by atoms with Crippen molar-refractivity contribution in [3.05, 3.63) is 88.7 Å². The van der Waals surface area contributed by atoms with Gasteiger partial charge in [-0.3, -0.25) is 9.69 Å². The molecule has 2 aromatic carbocycles. The number of hydrogen-bond donors (Lipinski definition) is 1. The molecule has 2 aliphatic heterocycles. The number of nitrogens with zero attached hydrogens (tertiary/aromatic N) is 3. The smallest absolute Gasteiger partial charge is 0.271 e. The summed E-state index contributed by atoms with van der Waals surface area (Å²) in [4.78, 5) is 17.2. The highest BCUT2D eigenvalue weighted by molar-refractivity contribution is 5.94. The molecule has 33 heavy (non-hydrogen) atoms. The van der Waals surface area contributed by atoms with Crippen molar-refractivity contribution < 1.29 is 9.21 Å². The number of hydrazone groups is 1. The first-order valence-corrected chi connectivity index (χ1v) is 11.8. The first kappa shape index (κ1) is 21.5. The maximum atomic E-state index is 12.5. The summed E-state index contributed by atoms with van der Waals surface area (Å²) in [7, 11) is 0. The van der Waals surface area contributed by atoms with Crippen molar-refractivity contribution in [2.45, 2.75) is 38.8 Å². The van der Waals surface area contributed by atoms with Crippen LogP contribution in [0.2, 0.25) is 0 Å². The Morgan fingerprint density at radius 3 is 2.55 bits per heavy atom. The fourth-order valence-corrected chi connectivity index (χ4v) is 4.62. The molecule has 0 atom stereocenters. The Morgan fingerprint density at radius 1 is 0.939 bits per heavy atom. The van der Waals surface area contributed by atoms with Gasteiger partial charge in [-0.15, -0.1) is 0 Å². The quantitative estimate of drug-likeness (QED) is 0.448. The summed E-state index contributed by atoms with van der Waals surface area (Å²) in [5.41, 5.74) is 7.26. The van der Waals surface area contributed by atoms with Gasteiger partial charge in [0.15, 0.2) is 5.88 Å². The molecule has 6 nitrogen and oxygen atoms in total. The highest BCUT2D eigenvalue weighted by Crippen LogP contribution is 2.22. The van der Waals surface area contributed by atoms with Gasteiger partial charge in [-0.05, 0) is 60.6 Å². The van der Waals surface area contributed by atoms with Crippen LogP contribution in [0, 0.1) is 0 Å². The number of fused-ring (bicyclic) bond motifs is 1. The van der Waals surface area contributed by atoms with E-state index in [1.54, 1.807) is 6.21 Å². The first-order chi connectivity index (χ1) is 16.2. The van der Waals surface area contributed by atoms with E-state index >= 15 is 0 Å². The standard InChI is InChI=1S/C27H30N4O2/c32-27(29-28-18-25-12-13-26(33-25)31-15-4-1-5-16-31)23-10-8-21(9-11-23)19-30-17-14-22-6-2-3-7-24(22)20-30/h2-3,6-13,18H,1,4-5,14-17,19-20H2,(H,29,32)/b28-18-. The third-order valence-electron chi connectivity index (χ3n) is 6.47. The van der Waals surface area contributed by atoms with E-state index in [-0.39, 0.29) is 5.91 Å². The monoisotopic (exact) mass is 442 g/mol. The second kappa shape index (κ2) is 10.0. The number of amides is 1. The Bertz CT molecular complexity index is 1110. The molecular formula is C27H30N4O2. The van der Waals surface area contributed by atoms with E-state index in [0.29, 0.717) is 11.3 Å². The third kappa shape index (κ3) is 5.34. The Balaban J connectivity index is 1.12. The number of furan rings is 1. The Morgan fingerprint density at radius 2 is 1.73 bits per heavy atom. The number of piperidine rings is 1. The fourth-order valence-electron chi connectivity index (χ4n) is 4.62. The van der Waals surface area contributed by atoms with Gasteiger partial charge in [0.05, 0.1) is 6.21 Å². The number of anilines is 1. The van der Waals surface area contributed by atoms with Crippen LogP contribution in [0.15, 0.2) is 70.2 Å². The van der Waals surface area contributed by atoms with E-state index < -0.39 is 0 Å². The van der Waals surface area contributed by atoms with Crippen molar-refractivity contribution in [3.63, 3.8) is 0 Å². The third-order valence-corrected chi connectivity index (χ3v) is 6.47. The molecule has 1 saturated heterocycles. The Kier molecular flexibility index (Phi) is 6.53. The molecule has 0 spiro atoms. The second-order valence-electron chi connectivity index (χ2n) is 8.85. The van der Waals surface area contributed by atoms with E-state index in [4.69, 9.17) is 4.42 Å². The lowest BCUT2D eigenvalue weighted by atomic mass is 9.99. The zero-order valence-electron chi connectivity index (χ0n) is 18.9. The predicted molar refractivity (Wildman–Crippen MR) is 131 cm³/mol. The minimum Gasteiger partial charge on any atom is -0.440 e. The summed E-state index contributed by atoms with van der Waals surface area (Å²) in [6.07, 6.45) is 6.32. The summed E-state index contributed by atoms with van der Waals surface area (Å²) in [5.74, 6) is 1.28. The van der Waals surface area contributed by atoms with Crippen LogP contribution >= 0.6 is 0 Å². The van der Waals surface area contributed by atoms with Crippen LogP contribution in [0.5, 0.6) is 0 Å². The van der Waals surface area contributed by atoms with Gasteiger partial charge in [0.1, 0.15) is 5.76 Å². The molecule has 6 heteroatoms. The zero-order chi connectivity index (χ0) is 22.5. The lowest BCUT2D eigenvalue weighted by Gasteiger charge is -2.28. The van der Waals surface area contributed by atoms with Crippen molar-refractivity contribution in [1.82, 2.24) is 10.3 Å². The van der Waals surface area contributed by atoms with Crippen molar-refractivity contribution in [2.75, 3.05) is 24.5 Å². The maximum Gasteiger partial charge on any atom is 0.271 e. The summed E-state index contributed by atoms with van der Waals surface area (Å²) in [6, 6.07) is 20.3. The van der Waals surface area contributed by atoms with Gasteiger partial charge in [-0.25, -0.2) is 5.43 Å². The largest absolute Gasteiger partial charge is 0.440 e. The molecule has 1 N–H and O–H groups in total. The normalized spacial score (nSPS) is 16.7. The van der Waals surface area contributed by atoms with Gasteiger partial charge in [0.25, 0.3) is 5.91 Å². The topological polar surface area (TPSA) is 61.1 Å². The predicted octanol–water partition coefficient (Wildman–Crippen LogP) is 4.59. The minimum absolute atomic E-state index is 0.229. The highest BCUT2D eigenvalue weighted by Gasteiger charge is 2.16. The molecule has 3 aromatic rings. The van der Waals surface area contributed by atoms with Crippen LogP contribution in [0.3, 0.4) is 0 Å². The minimum atomic E-state index is -0.229. The number of carbonyl (C=O) groups excluding carboxylic acids is 1. The van der Waals surface area contributed by atoms with E-state index in [2.05, 4.69) is 44.6 Å². The lowest BCUT2D eigenvalue weighted by Crippen LogP contribution is -2.30. The van der Waals surface area contributed by atoms with Crippen molar-refractivity contribution in [2.24, 2.45) is 5.10 Å². The van der Waals surface area contributed by atoms with Crippen LogP contribution in [-0.4, -0.2) is 36.7 Å². The van der Waals surface area contributed by atoms with Crippen molar-refractivity contribution in [1.29, 1.82) is 0 Å². The van der Waals surface area contributed by atoms with Crippen LogP contribution < -0.4 is 10.3 Å². The van der Waals surface area contributed by atoms with E-state index in [1.165, 1.54) is 36.0 Å². The first-order valence-electron chi connectivity index (χ1n) is 11.8. The van der Waals surface area contributed by atoms with Gasteiger partial charge >= 0.3 is 0 Å². The van der Waals surface area contributed by atoms with Crippen molar-refractivity contribution in [3.8, 4) is 0 Å². The average molecular weight is 443 g/mol. The van der Waals surface area contributed by atoms with Crippen LogP contribution in [0.4, 0.5) is 5.88 Å². The number of benzene rings is 2. The summed E-state index contributed by atoms with van der Waals surface area (Å²) in [6.45, 7) is 4.97. The van der Waals surface area contributed by atoms with Gasteiger partial charge in [-0.1, -0.05) is 36.4 Å². The highest BCUT2D eigenvalue weighted by atomic mass is 16.4. The molecule has 170 valence electrons. The number of nitrogens with one attached hydrogen (secondary N) is 1. The van der Waals surface area contributed by atoms with Gasteiger partial charge < -0.3 is 9.32 Å². The zero-order valence-corrected chi connectivity index (χ0v) is 18.9. The van der Waals surface area contributed by atoms with Crippen LogP contribution in [0.25, 0.3) is 0 Å². The summed E-state index contributed by atoms with van der Waals surface area (Å²) >= 11 is 0. The molecule has 0 aliphatic carbocycles. The molecule has 2 aliphatic rings. The SMILES string of the molecule is O=C(N/N=C\c1ccc(N2CCCCC2)o1)c1ccc(CN2CCc3ccccc3C2)cc1. The molecular weight excluding hydrogens is 412 g/mol. The van der Waals surface area contributed by atoms with Gasteiger partial charge in [0, 0.05) is 44.4 Å². The summed E-state index contributed by atoms with van der Waals surface area (Å²) < 4.78 is 5.84. The van der Waals surface area contributed by atoms with E-state index in [1.807, 2.05) is 36.4 Å². The van der Waals surface area contributed by atoms with E-state index in [0.717, 1.165) is 45.0 Å². The van der Waals surface area contributed by atoms with Crippen LogP contribution in [0.1, 0.15) is 52.1 Å². The second-order valence-corrected chi connectivity index (χ2v) is 8.85. The van der Waals surface area contributed by atoms with Crippen molar-refractivity contribution >= 4 is 18.0 Å². The number of hydrogen-bond acceptors (Lipinski definition) is 5. The lowest BCUT2D eigenvalue weighted by molar-refractivity contribution is 0.0955. The molecule has 0 saturated carbocycles. The number of carbonyl (C=O) groups is 1. The average Bonchev–Trinajstić information content (AvgIpc) is 3.34. The van der Waals surface area contributed by atoms with Crippen LogP contribution in [-0.2, 0) is 19.5 Å². The Labute approximate surface area is 194 Å². The molecule has 1 amide bonds. The molecule has 1 fully saturated rings. The molecule has 3 heterocycles. The molecule has 0 unspecified atom stereocenters. The number of rotatable bonds is 6. The fraction of sp³-hybridized carbons (Fsp3) is 0.333. The van der Waals surface area contributed by atoms with E-state index in [9.17, 15) is 4.79 Å². The Hall–Kier alpha value is -3.38. The van der Waals surface area contributed by atoms with Gasteiger partial charge in [-0.2, -0.15) is 5.10 Å². The molecule has 0 bridgehead atoms. The van der Waals surface area contributed by atoms with Gasteiger partial charge in [0.2, 0.25) is 0 Å². The molecule has 0 radical (unpaired) electrons. The summed E-state index contributed by atoms with van der Waals surface area (Å²) in [5, 5.41) is 4.07.